The van der Waals surface area contributed by atoms with Crippen LogP contribution in [0.2, 0.25) is 0 Å². The Labute approximate surface area is 95.5 Å². The molecule has 86 valence electrons. The van der Waals surface area contributed by atoms with Gasteiger partial charge in [-0.05, 0) is 31.4 Å². The quantitative estimate of drug-likeness (QED) is 0.788. The molecule has 2 N–H and O–H groups in total. The first kappa shape index (κ1) is 11.2. The molecule has 0 saturated heterocycles. The van der Waals surface area contributed by atoms with Gasteiger partial charge in [-0.1, -0.05) is 0 Å². The predicted octanol–water partition coefficient (Wildman–Crippen LogP) is 0.820. The Bertz CT molecular complexity index is 438. The highest BCUT2D eigenvalue weighted by molar-refractivity contribution is 5.34. The monoisotopic (exact) mass is 219 g/mol. The number of hydrogen-bond donors (Lipinski definition) is 2. The van der Waals surface area contributed by atoms with Gasteiger partial charge in [0.15, 0.2) is 0 Å². The lowest BCUT2D eigenvalue weighted by Crippen LogP contribution is -2.34. The van der Waals surface area contributed by atoms with E-state index in [-0.39, 0.29) is 12.1 Å². The molecule has 16 heavy (non-hydrogen) atoms. The maximum absolute atomic E-state index is 9.19. The maximum atomic E-state index is 9.19. The minimum atomic E-state index is -0.0465. The third kappa shape index (κ3) is 1.84. The van der Waals surface area contributed by atoms with Gasteiger partial charge in [-0.3, -0.25) is 0 Å². The Kier molecular flexibility index (Phi) is 2.75. The zero-order valence-electron chi connectivity index (χ0n) is 9.75. The number of hydrogen-bond acceptors (Lipinski definition) is 3. The van der Waals surface area contributed by atoms with Crippen molar-refractivity contribution in [2.45, 2.75) is 31.8 Å². The summed E-state index contributed by atoms with van der Waals surface area (Å²) in [5.41, 5.74) is 2.88. The van der Waals surface area contributed by atoms with E-state index in [0.29, 0.717) is 5.69 Å². The number of nitrogens with zero attached hydrogens (tertiary/aromatic N) is 2. The van der Waals surface area contributed by atoms with Gasteiger partial charge in [-0.25, -0.2) is 0 Å². The van der Waals surface area contributed by atoms with Crippen molar-refractivity contribution in [3.05, 3.63) is 23.0 Å². The topological polar surface area (TPSA) is 61.0 Å². The van der Waals surface area contributed by atoms with Gasteiger partial charge in [0, 0.05) is 24.8 Å². The Morgan fingerprint density at radius 3 is 2.75 bits per heavy atom. The van der Waals surface area contributed by atoms with Crippen molar-refractivity contribution in [3.63, 3.8) is 0 Å². The zero-order chi connectivity index (χ0) is 11.8. The van der Waals surface area contributed by atoms with Crippen LogP contribution in [-0.2, 0) is 13.6 Å². The second-order valence-electron chi connectivity index (χ2n) is 4.60. The van der Waals surface area contributed by atoms with Crippen molar-refractivity contribution in [1.29, 1.82) is 5.26 Å². The smallest absolute Gasteiger partial charge is 0.120 e. The molecule has 1 aromatic rings. The van der Waals surface area contributed by atoms with Crippen molar-refractivity contribution in [3.8, 4) is 6.07 Å². The van der Waals surface area contributed by atoms with Gasteiger partial charge in [-0.15, -0.1) is 0 Å². The van der Waals surface area contributed by atoms with Crippen LogP contribution in [0.4, 0.5) is 0 Å². The number of aromatic nitrogens is 1. The molecule has 0 aromatic carbocycles. The lowest BCUT2D eigenvalue weighted by molar-refractivity contribution is 0.229. The van der Waals surface area contributed by atoms with E-state index in [9.17, 15) is 5.11 Å². The van der Waals surface area contributed by atoms with E-state index in [2.05, 4.69) is 11.4 Å². The fourth-order valence-electron chi connectivity index (χ4n) is 1.87. The van der Waals surface area contributed by atoms with E-state index in [1.807, 2.05) is 24.6 Å². The van der Waals surface area contributed by atoms with Crippen molar-refractivity contribution < 1.29 is 5.11 Å². The molecule has 0 atom stereocenters. The molecule has 1 aromatic heterocycles. The number of nitrogens with one attached hydrogen (secondary N) is 1. The van der Waals surface area contributed by atoms with Crippen LogP contribution in [0.3, 0.4) is 0 Å². The summed E-state index contributed by atoms with van der Waals surface area (Å²) in [5.74, 6) is 0. The molecule has 0 spiro atoms. The van der Waals surface area contributed by atoms with Crippen LogP contribution in [-0.4, -0.2) is 21.8 Å². The van der Waals surface area contributed by atoms with Crippen LogP contribution in [0, 0.1) is 18.3 Å². The molecule has 4 nitrogen and oxygen atoms in total. The number of rotatable bonds is 4. The lowest BCUT2D eigenvalue weighted by Gasteiger charge is -2.13. The van der Waals surface area contributed by atoms with Crippen LogP contribution in [0.1, 0.15) is 29.8 Å². The minimum absolute atomic E-state index is 0.0465. The Hall–Kier alpha value is -1.31. The molecule has 2 rings (SSSR count). The molecule has 0 unspecified atom stereocenters. The molecule has 0 radical (unpaired) electrons. The summed E-state index contributed by atoms with van der Waals surface area (Å²) < 4.78 is 1.90. The fraction of sp³-hybridized carbons (Fsp3) is 0.583. The summed E-state index contributed by atoms with van der Waals surface area (Å²) in [5, 5.41) is 21.5. The second-order valence-corrected chi connectivity index (χ2v) is 4.60. The standard InChI is InChI=1S/C12H17N3O/c1-9-10(5-11(6-13)15(9)2)7-14-12(8-16)3-4-12/h5,14,16H,3-4,7-8H2,1-2H3. The SMILES string of the molecule is Cc1c(CNC2(CO)CC2)cc(C#N)n1C. The predicted molar refractivity (Wildman–Crippen MR) is 60.8 cm³/mol. The first-order valence-corrected chi connectivity index (χ1v) is 5.53. The van der Waals surface area contributed by atoms with E-state index < -0.39 is 0 Å². The lowest BCUT2D eigenvalue weighted by atomic mass is 10.2. The number of nitriles is 1. The highest BCUT2D eigenvalue weighted by atomic mass is 16.3. The van der Waals surface area contributed by atoms with E-state index in [1.54, 1.807) is 0 Å². The third-order valence-corrected chi connectivity index (χ3v) is 3.56. The largest absolute Gasteiger partial charge is 0.394 e. The van der Waals surface area contributed by atoms with Gasteiger partial charge < -0.3 is 15.0 Å². The van der Waals surface area contributed by atoms with Crippen LogP contribution in [0.5, 0.6) is 0 Å². The van der Waals surface area contributed by atoms with Crippen LogP contribution >= 0.6 is 0 Å². The molecule has 1 fully saturated rings. The van der Waals surface area contributed by atoms with Crippen LogP contribution < -0.4 is 5.32 Å². The van der Waals surface area contributed by atoms with E-state index in [4.69, 9.17) is 5.26 Å². The molecule has 1 aliphatic carbocycles. The molecular weight excluding hydrogens is 202 g/mol. The molecule has 0 aliphatic heterocycles. The fourth-order valence-corrected chi connectivity index (χ4v) is 1.87. The van der Waals surface area contributed by atoms with E-state index in [0.717, 1.165) is 30.6 Å². The molecule has 0 amide bonds. The summed E-state index contributed by atoms with van der Waals surface area (Å²) in [6.45, 7) is 2.93. The molecule has 1 saturated carbocycles. The second kappa shape index (κ2) is 3.93. The summed E-state index contributed by atoms with van der Waals surface area (Å²) in [7, 11) is 1.90. The molecular formula is C12H17N3O. The van der Waals surface area contributed by atoms with Gasteiger partial charge >= 0.3 is 0 Å². The van der Waals surface area contributed by atoms with Crippen LogP contribution in [0.15, 0.2) is 6.07 Å². The normalized spacial score (nSPS) is 17.1. The minimum Gasteiger partial charge on any atom is -0.394 e. The highest BCUT2D eigenvalue weighted by Gasteiger charge is 2.41. The van der Waals surface area contributed by atoms with Crippen molar-refractivity contribution in [2.24, 2.45) is 7.05 Å². The van der Waals surface area contributed by atoms with Crippen LogP contribution in [0.25, 0.3) is 0 Å². The van der Waals surface area contributed by atoms with E-state index >= 15 is 0 Å². The summed E-state index contributed by atoms with van der Waals surface area (Å²) >= 11 is 0. The molecule has 1 aliphatic rings. The first-order valence-electron chi connectivity index (χ1n) is 5.53. The van der Waals surface area contributed by atoms with Gasteiger partial charge in [-0.2, -0.15) is 5.26 Å². The number of aliphatic hydroxyl groups is 1. The third-order valence-electron chi connectivity index (χ3n) is 3.56. The van der Waals surface area contributed by atoms with Gasteiger partial charge in [0.1, 0.15) is 11.8 Å². The van der Waals surface area contributed by atoms with Gasteiger partial charge in [0.2, 0.25) is 0 Å². The first-order chi connectivity index (χ1) is 7.62. The summed E-state index contributed by atoms with van der Waals surface area (Å²) in [6.07, 6.45) is 2.08. The highest BCUT2D eigenvalue weighted by Crippen LogP contribution is 2.35. The molecule has 4 heteroatoms. The maximum Gasteiger partial charge on any atom is 0.120 e. The Morgan fingerprint density at radius 2 is 2.31 bits per heavy atom. The molecule has 0 bridgehead atoms. The zero-order valence-corrected chi connectivity index (χ0v) is 9.75. The van der Waals surface area contributed by atoms with E-state index in [1.165, 1.54) is 0 Å². The summed E-state index contributed by atoms with van der Waals surface area (Å²) in [4.78, 5) is 0. The van der Waals surface area contributed by atoms with Gasteiger partial charge in [0.25, 0.3) is 0 Å². The summed E-state index contributed by atoms with van der Waals surface area (Å²) in [6, 6.07) is 4.08. The average molecular weight is 219 g/mol. The number of aliphatic hydroxyl groups excluding tert-OH is 1. The Morgan fingerprint density at radius 1 is 1.62 bits per heavy atom. The molecule has 1 heterocycles. The average Bonchev–Trinajstić information content (AvgIpc) is 3.03. The van der Waals surface area contributed by atoms with Crippen molar-refractivity contribution in [2.75, 3.05) is 6.61 Å². The van der Waals surface area contributed by atoms with Crippen molar-refractivity contribution >= 4 is 0 Å². The Balaban J connectivity index is 2.08. The van der Waals surface area contributed by atoms with Crippen molar-refractivity contribution in [1.82, 2.24) is 9.88 Å². The van der Waals surface area contributed by atoms with Gasteiger partial charge in [0.05, 0.1) is 6.61 Å².